The molecule has 1 aromatic rings. The molecule has 3 rings (SSSR count). The number of amides is 1. The van der Waals surface area contributed by atoms with Crippen molar-refractivity contribution < 1.29 is 14.3 Å². The van der Waals surface area contributed by atoms with Gasteiger partial charge in [0.25, 0.3) is 0 Å². The van der Waals surface area contributed by atoms with Crippen LogP contribution < -0.4 is 15.4 Å². The second-order valence-corrected chi connectivity index (χ2v) is 6.98. The molecule has 0 aliphatic carbocycles. The number of aryl methyl sites for hydroxylation is 1. The lowest BCUT2D eigenvalue weighted by Gasteiger charge is -2.31. The summed E-state index contributed by atoms with van der Waals surface area (Å²) in [6.07, 6.45) is 2.36. The number of hydrogen-bond acceptors (Lipinski definition) is 4. The van der Waals surface area contributed by atoms with Crippen molar-refractivity contribution in [3.05, 3.63) is 29.3 Å². The minimum Gasteiger partial charge on any atom is -0.491 e. The Balaban J connectivity index is 0.00000225. The van der Waals surface area contributed by atoms with Crippen molar-refractivity contribution in [3.63, 3.8) is 0 Å². The number of benzene rings is 1. The number of hydrogen-bond donors (Lipinski definition) is 2. The molecule has 0 bridgehead atoms. The van der Waals surface area contributed by atoms with E-state index in [1.807, 2.05) is 26.0 Å². The molecule has 25 heavy (non-hydrogen) atoms. The van der Waals surface area contributed by atoms with Gasteiger partial charge >= 0.3 is 0 Å². The normalized spacial score (nSPS) is 21.1. The first-order valence-corrected chi connectivity index (χ1v) is 8.96. The third-order valence-electron chi connectivity index (χ3n) is 5.06. The molecule has 2 aliphatic heterocycles. The fraction of sp³-hybridized carbons (Fsp3) is 0.632. The summed E-state index contributed by atoms with van der Waals surface area (Å²) in [5, 5.41) is 6.28. The zero-order valence-corrected chi connectivity index (χ0v) is 15.9. The summed E-state index contributed by atoms with van der Waals surface area (Å²) in [6.45, 7) is 7.85. The molecule has 0 spiro atoms. The summed E-state index contributed by atoms with van der Waals surface area (Å²) < 4.78 is 11.6. The van der Waals surface area contributed by atoms with E-state index >= 15 is 0 Å². The zero-order valence-electron chi connectivity index (χ0n) is 15.0. The number of nitrogens with one attached hydrogen (secondary N) is 2. The molecule has 2 saturated heterocycles. The Bertz CT molecular complexity index is 572. The number of halogens is 1. The van der Waals surface area contributed by atoms with E-state index in [2.05, 4.69) is 16.7 Å². The zero-order chi connectivity index (χ0) is 16.9. The largest absolute Gasteiger partial charge is 0.491 e. The van der Waals surface area contributed by atoms with E-state index in [9.17, 15) is 4.79 Å². The van der Waals surface area contributed by atoms with Crippen LogP contribution in [-0.2, 0) is 16.1 Å². The van der Waals surface area contributed by atoms with Gasteiger partial charge in [0.15, 0.2) is 0 Å². The number of carbonyl (C=O) groups is 1. The number of carbonyl (C=O) groups excluding carboxylic acids is 1. The van der Waals surface area contributed by atoms with Crippen LogP contribution in [0.4, 0.5) is 0 Å². The minimum absolute atomic E-state index is 0. The minimum atomic E-state index is 0. The molecule has 2 fully saturated rings. The topological polar surface area (TPSA) is 59.6 Å². The lowest BCUT2D eigenvalue weighted by atomic mass is 9.88. The molecular formula is C19H29ClN2O3. The van der Waals surface area contributed by atoms with Crippen molar-refractivity contribution in [1.29, 1.82) is 0 Å². The van der Waals surface area contributed by atoms with Crippen LogP contribution in [0.5, 0.6) is 5.75 Å². The van der Waals surface area contributed by atoms with Gasteiger partial charge in [0, 0.05) is 24.6 Å². The average molecular weight is 369 g/mol. The van der Waals surface area contributed by atoms with Crippen LogP contribution in [0.3, 0.4) is 0 Å². The van der Waals surface area contributed by atoms with Crippen LogP contribution in [0.15, 0.2) is 18.2 Å². The standard InChI is InChI=1S/C19H28N2O3.ClH/c1-13-5-6-15(11-21-19(22)14(2)16-9-20-10-16)18(8-13)24-12-17-4-3-7-23-17;/h5-6,8,14,16-17,20H,3-4,7,9-12H2,1-2H3,(H,21,22);1H. The Labute approximate surface area is 156 Å². The highest BCUT2D eigenvalue weighted by molar-refractivity contribution is 5.85. The quantitative estimate of drug-likeness (QED) is 0.776. The van der Waals surface area contributed by atoms with Gasteiger partial charge in [0.05, 0.1) is 6.10 Å². The highest BCUT2D eigenvalue weighted by Gasteiger charge is 2.28. The summed E-state index contributed by atoms with van der Waals surface area (Å²) in [5.74, 6) is 1.47. The first-order chi connectivity index (χ1) is 11.6. The van der Waals surface area contributed by atoms with Gasteiger partial charge in [-0.3, -0.25) is 4.79 Å². The molecule has 1 amide bonds. The molecule has 2 unspecified atom stereocenters. The van der Waals surface area contributed by atoms with Gasteiger partial charge < -0.3 is 20.1 Å². The third-order valence-corrected chi connectivity index (χ3v) is 5.06. The predicted molar refractivity (Wildman–Crippen MR) is 100 cm³/mol. The van der Waals surface area contributed by atoms with E-state index in [1.54, 1.807) is 0 Å². The molecule has 2 heterocycles. The van der Waals surface area contributed by atoms with Crippen LogP contribution in [0.2, 0.25) is 0 Å². The maximum absolute atomic E-state index is 12.3. The van der Waals surface area contributed by atoms with E-state index in [-0.39, 0.29) is 30.3 Å². The molecule has 0 saturated carbocycles. The first kappa shape index (κ1) is 20.0. The van der Waals surface area contributed by atoms with Gasteiger partial charge in [-0.15, -0.1) is 12.4 Å². The lowest BCUT2D eigenvalue weighted by molar-refractivity contribution is -0.126. The maximum atomic E-state index is 12.3. The second kappa shape index (κ2) is 9.41. The van der Waals surface area contributed by atoms with Gasteiger partial charge in [-0.05, 0) is 50.4 Å². The van der Waals surface area contributed by atoms with E-state index < -0.39 is 0 Å². The first-order valence-electron chi connectivity index (χ1n) is 8.96. The fourth-order valence-corrected chi connectivity index (χ4v) is 3.12. The SMILES string of the molecule is Cc1ccc(CNC(=O)C(C)C2CNC2)c(OCC2CCCO2)c1.Cl. The van der Waals surface area contributed by atoms with Gasteiger partial charge in [-0.1, -0.05) is 19.1 Å². The van der Waals surface area contributed by atoms with E-state index in [1.165, 1.54) is 0 Å². The van der Waals surface area contributed by atoms with E-state index in [0.29, 0.717) is 19.1 Å². The van der Waals surface area contributed by atoms with Crippen LogP contribution in [0, 0.1) is 18.8 Å². The van der Waals surface area contributed by atoms with Crippen molar-refractivity contribution in [1.82, 2.24) is 10.6 Å². The average Bonchev–Trinajstić information content (AvgIpc) is 3.03. The molecule has 2 aliphatic rings. The van der Waals surface area contributed by atoms with Crippen molar-refractivity contribution >= 4 is 18.3 Å². The van der Waals surface area contributed by atoms with Crippen LogP contribution in [0.1, 0.15) is 30.9 Å². The smallest absolute Gasteiger partial charge is 0.223 e. The van der Waals surface area contributed by atoms with Crippen molar-refractivity contribution in [2.24, 2.45) is 11.8 Å². The van der Waals surface area contributed by atoms with Gasteiger partial charge in [-0.25, -0.2) is 0 Å². The molecule has 6 heteroatoms. The van der Waals surface area contributed by atoms with Crippen molar-refractivity contribution in [3.8, 4) is 5.75 Å². The molecule has 1 aromatic carbocycles. The van der Waals surface area contributed by atoms with Crippen molar-refractivity contribution in [2.75, 3.05) is 26.3 Å². The van der Waals surface area contributed by atoms with Gasteiger partial charge in [0.2, 0.25) is 5.91 Å². The van der Waals surface area contributed by atoms with E-state index in [4.69, 9.17) is 9.47 Å². The summed E-state index contributed by atoms with van der Waals surface area (Å²) in [7, 11) is 0. The van der Waals surface area contributed by atoms with Gasteiger partial charge in [-0.2, -0.15) is 0 Å². The maximum Gasteiger partial charge on any atom is 0.223 e. The third kappa shape index (κ3) is 5.33. The Kier molecular flexibility index (Phi) is 7.54. The van der Waals surface area contributed by atoms with Crippen LogP contribution in [-0.4, -0.2) is 38.3 Å². The number of ether oxygens (including phenoxy) is 2. The van der Waals surface area contributed by atoms with Gasteiger partial charge in [0.1, 0.15) is 12.4 Å². The van der Waals surface area contributed by atoms with E-state index in [0.717, 1.165) is 49.4 Å². The monoisotopic (exact) mass is 368 g/mol. The highest BCUT2D eigenvalue weighted by Crippen LogP contribution is 2.23. The summed E-state index contributed by atoms with van der Waals surface area (Å²) in [5.41, 5.74) is 2.17. The summed E-state index contributed by atoms with van der Waals surface area (Å²) in [4.78, 5) is 12.3. The molecule has 140 valence electrons. The number of rotatable bonds is 7. The van der Waals surface area contributed by atoms with Crippen molar-refractivity contribution in [2.45, 2.75) is 39.3 Å². The summed E-state index contributed by atoms with van der Waals surface area (Å²) >= 11 is 0. The Hall–Kier alpha value is -1.30. The molecule has 5 nitrogen and oxygen atoms in total. The molecule has 0 radical (unpaired) electrons. The second-order valence-electron chi connectivity index (χ2n) is 6.98. The van der Waals surface area contributed by atoms with Crippen LogP contribution >= 0.6 is 12.4 Å². The fourth-order valence-electron chi connectivity index (χ4n) is 3.12. The molecule has 2 N–H and O–H groups in total. The van der Waals surface area contributed by atoms with Crippen LogP contribution in [0.25, 0.3) is 0 Å². The molecular weight excluding hydrogens is 340 g/mol. The summed E-state index contributed by atoms with van der Waals surface area (Å²) in [6, 6.07) is 6.13. The lowest BCUT2D eigenvalue weighted by Crippen LogP contribution is -2.49. The Morgan fingerprint density at radius 1 is 1.44 bits per heavy atom. The Morgan fingerprint density at radius 2 is 2.24 bits per heavy atom. The highest BCUT2D eigenvalue weighted by atomic mass is 35.5. The molecule has 2 atom stereocenters. The predicted octanol–water partition coefficient (Wildman–Crippen LogP) is 2.45. The molecule has 0 aromatic heterocycles. The Morgan fingerprint density at radius 3 is 2.88 bits per heavy atom.